The molecule has 10 heteroatoms. The van der Waals surface area contributed by atoms with Gasteiger partial charge in [-0.2, -0.15) is 0 Å². The Hall–Kier alpha value is -3.50. The van der Waals surface area contributed by atoms with Gasteiger partial charge in [0, 0.05) is 36.1 Å². The molecule has 0 radical (unpaired) electrons. The second-order valence-corrected chi connectivity index (χ2v) is 8.80. The van der Waals surface area contributed by atoms with Crippen molar-refractivity contribution in [3.05, 3.63) is 72.6 Å². The Kier molecular flexibility index (Phi) is 5.26. The number of aliphatic hydroxyl groups is 1. The van der Waals surface area contributed by atoms with Gasteiger partial charge in [0.2, 0.25) is 11.6 Å². The molecule has 3 saturated heterocycles. The van der Waals surface area contributed by atoms with E-state index in [9.17, 15) is 14.7 Å². The fourth-order valence-electron chi connectivity index (χ4n) is 5.39. The van der Waals surface area contributed by atoms with Crippen LogP contribution in [0.25, 0.3) is 0 Å². The molecule has 0 aliphatic carbocycles. The average molecular weight is 453 g/mol. The molecule has 6 heterocycles. The van der Waals surface area contributed by atoms with Crippen LogP contribution in [0.2, 0.25) is 0 Å². The van der Waals surface area contributed by atoms with Crippen molar-refractivity contribution >= 4 is 11.9 Å². The van der Waals surface area contributed by atoms with Crippen molar-refractivity contribution in [3.8, 4) is 0 Å². The summed E-state index contributed by atoms with van der Waals surface area (Å²) >= 11 is 0. The third-order valence-electron chi connectivity index (χ3n) is 7.09. The summed E-state index contributed by atoms with van der Waals surface area (Å²) < 4.78 is 16.5. The van der Waals surface area contributed by atoms with E-state index < -0.39 is 29.6 Å². The normalized spacial score (nSPS) is 25.5. The molecule has 33 heavy (non-hydrogen) atoms. The van der Waals surface area contributed by atoms with Gasteiger partial charge in [-0.25, -0.2) is 14.8 Å². The number of amides is 1. The van der Waals surface area contributed by atoms with Crippen molar-refractivity contribution in [2.45, 2.75) is 30.6 Å². The lowest BCUT2D eigenvalue weighted by Gasteiger charge is -2.54. The first-order chi connectivity index (χ1) is 15.9. The molecule has 3 aromatic rings. The van der Waals surface area contributed by atoms with Crippen molar-refractivity contribution in [3.63, 3.8) is 0 Å². The Morgan fingerprint density at radius 2 is 1.82 bits per heavy atom. The maximum Gasteiger partial charge on any atom is 0.348 e. The lowest BCUT2D eigenvalue weighted by Crippen LogP contribution is -2.67. The zero-order chi connectivity index (χ0) is 23.1. The average Bonchev–Trinajstić information content (AvgIpc) is 3.55. The van der Waals surface area contributed by atoms with E-state index in [1.165, 1.54) is 43.5 Å². The second kappa shape index (κ2) is 8.13. The molecule has 3 aromatic heterocycles. The summed E-state index contributed by atoms with van der Waals surface area (Å²) in [5.41, 5.74) is 4.80. The van der Waals surface area contributed by atoms with Crippen LogP contribution in [0.4, 0.5) is 0 Å². The number of esters is 1. The molecule has 1 amide bonds. The monoisotopic (exact) mass is 453 g/mol. The van der Waals surface area contributed by atoms with Gasteiger partial charge in [-0.05, 0) is 18.2 Å². The number of hydrogen-bond donors (Lipinski definition) is 2. The number of aromatic nitrogens is 2. The number of hydrogen-bond acceptors (Lipinski definition) is 8. The van der Waals surface area contributed by atoms with Gasteiger partial charge >= 0.3 is 5.97 Å². The van der Waals surface area contributed by atoms with Gasteiger partial charge in [0.15, 0.2) is 6.10 Å². The minimum absolute atomic E-state index is 0.130. The molecule has 3 N–H and O–H groups in total. The van der Waals surface area contributed by atoms with Crippen LogP contribution < -0.4 is 5.73 Å². The van der Waals surface area contributed by atoms with Gasteiger partial charge < -0.3 is 28.9 Å². The van der Waals surface area contributed by atoms with E-state index in [4.69, 9.17) is 19.3 Å². The predicted octanol–water partition coefficient (Wildman–Crippen LogP) is 1.28. The Bertz CT molecular complexity index is 1070. The van der Waals surface area contributed by atoms with Crippen LogP contribution >= 0.6 is 0 Å². The van der Waals surface area contributed by atoms with E-state index in [0.29, 0.717) is 16.7 Å². The Morgan fingerprint density at radius 1 is 1.15 bits per heavy atom. The van der Waals surface area contributed by atoms with Crippen molar-refractivity contribution in [1.29, 1.82) is 0 Å². The van der Waals surface area contributed by atoms with Crippen LogP contribution in [0.15, 0.2) is 64.6 Å². The summed E-state index contributed by atoms with van der Waals surface area (Å²) in [5.74, 6) is -1.17. The van der Waals surface area contributed by atoms with Crippen LogP contribution in [0.5, 0.6) is 0 Å². The first kappa shape index (κ1) is 21.4. The Balaban J connectivity index is 1.44. The number of carbonyl (C=O) groups excluding carboxylic acids is 2. The minimum Gasteiger partial charge on any atom is -0.472 e. The lowest BCUT2D eigenvalue weighted by atomic mass is 9.81. The second-order valence-electron chi connectivity index (χ2n) is 8.80. The first-order valence-electron chi connectivity index (χ1n) is 10.8. The molecule has 172 valence electrons. The van der Waals surface area contributed by atoms with Crippen molar-refractivity contribution in [2.24, 2.45) is 11.7 Å². The SMILES string of the molecule is NC(=O)C(c1ccncn1)[N+]12CCC(CC1)[C@@H](OC(=O)C(O)(c1ccoc1)c1ccoc1)C2. The Morgan fingerprint density at radius 3 is 2.33 bits per heavy atom. The number of nitrogens with zero attached hydrogens (tertiary/aromatic N) is 3. The quantitative estimate of drug-likeness (QED) is 0.402. The van der Waals surface area contributed by atoms with E-state index in [1.54, 1.807) is 12.3 Å². The zero-order valence-electron chi connectivity index (χ0n) is 17.9. The van der Waals surface area contributed by atoms with Crippen LogP contribution in [0.1, 0.15) is 35.7 Å². The number of quaternary nitrogens is 1. The van der Waals surface area contributed by atoms with Crippen LogP contribution in [0.3, 0.4) is 0 Å². The maximum absolute atomic E-state index is 13.4. The van der Waals surface area contributed by atoms with Gasteiger partial charge in [0.1, 0.15) is 18.6 Å². The summed E-state index contributed by atoms with van der Waals surface area (Å²) in [6, 6.07) is 4.05. The van der Waals surface area contributed by atoms with Gasteiger partial charge in [-0.1, -0.05) is 0 Å². The van der Waals surface area contributed by atoms with Crippen LogP contribution in [-0.4, -0.2) is 57.2 Å². The molecule has 6 rings (SSSR count). The van der Waals surface area contributed by atoms with Gasteiger partial charge in [0.25, 0.3) is 5.91 Å². The fourth-order valence-corrected chi connectivity index (χ4v) is 5.39. The summed E-state index contributed by atoms with van der Waals surface area (Å²) in [5, 5.41) is 11.4. The highest BCUT2D eigenvalue weighted by Gasteiger charge is 2.55. The third-order valence-corrected chi connectivity index (χ3v) is 7.09. The molecule has 3 aliphatic rings. The van der Waals surface area contributed by atoms with E-state index in [-0.39, 0.29) is 17.0 Å². The van der Waals surface area contributed by atoms with E-state index in [0.717, 1.165) is 25.9 Å². The number of primary amides is 1. The molecule has 3 fully saturated rings. The van der Waals surface area contributed by atoms with Gasteiger partial charge in [0.05, 0.1) is 38.1 Å². The predicted molar refractivity (Wildman–Crippen MR) is 112 cm³/mol. The topological polar surface area (TPSA) is 142 Å². The van der Waals surface area contributed by atoms with Gasteiger partial charge in [-0.3, -0.25) is 4.79 Å². The Labute approximate surface area is 189 Å². The molecule has 0 aromatic carbocycles. The fraction of sp³-hybridized carbons (Fsp3) is 0.391. The molecule has 3 aliphatic heterocycles. The molecular formula is C23H25N4O6+. The molecule has 0 spiro atoms. The molecule has 2 bridgehead atoms. The highest BCUT2D eigenvalue weighted by molar-refractivity contribution is 5.85. The molecular weight excluding hydrogens is 428 g/mol. The van der Waals surface area contributed by atoms with Crippen molar-refractivity contribution in [1.82, 2.24) is 9.97 Å². The summed E-state index contributed by atoms with van der Waals surface area (Å²) in [6.07, 6.45) is 9.38. The largest absolute Gasteiger partial charge is 0.472 e. The standard InChI is InChI=1S/C23H24N4O6/c24-21(28)20(18-1-6-25-14-26-18)27-7-2-15(3-8-27)19(11-27)33-22(29)23(30,16-4-9-31-12-16)17-5-10-32-13-17/h1,4-6,9-10,12-15,19-20,30H,2-3,7-8,11H2,(H-,24,28)/p+1/t15?,19-,20?,27?/m0/s1. The number of carbonyl (C=O) groups is 2. The molecule has 10 nitrogen and oxygen atoms in total. The summed E-state index contributed by atoms with van der Waals surface area (Å²) in [6.45, 7) is 1.86. The highest BCUT2D eigenvalue weighted by atomic mass is 16.6. The molecule has 2 atom stereocenters. The lowest BCUT2D eigenvalue weighted by molar-refractivity contribution is -0.965. The maximum atomic E-state index is 13.4. The summed E-state index contributed by atoms with van der Waals surface area (Å²) in [7, 11) is 0. The van der Waals surface area contributed by atoms with Crippen LogP contribution in [-0.2, 0) is 19.9 Å². The van der Waals surface area contributed by atoms with Crippen molar-refractivity contribution in [2.75, 3.05) is 19.6 Å². The summed E-state index contributed by atoms with van der Waals surface area (Å²) in [4.78, 5) is 34.2. The minimum atomic E-state index is -2.08. The van der Waals surface area contributed by atoms with E-state index in [2.05, 4.69) is 9.97 Å². The molecule has 0 saturated carbocycles. The number of ether oxygens (including phenoxy) is 1. The smallest absolute Gasteiger partial charge is 0.348 e. The highest BCUT2D eigenvalue weighted by Crippen LogP contribution is 2.43. The number of furan rings is 2. The molecule has 1 unspecified atom stereocenters. The van der Waals surface area contributed by atoms with Crippen LogP contribution in [0, 0.1) is 5.92 Å². The first-order valence-corrected chi connectivity index (χ1v) is 10.8. The number of rotatable bonds is 7. The number of piperidine rings is 3. The van der Waals surface area contributed by atoms with Gasteiger partial charge in [-0.15, -0.1) is 0 Å². The van der Waals surface area contributed by atoms with Crippen molar-refractivity contribution < 1.29 is 32.7 Å². The zero-order valence-corrected chi connectivity index (χ0v) is 17.9. The number of nitrogens with two attached hydrogens (primary N) is 1. The number of fused-ring (bicyclic) bond motifs is 3. The van der Waals surface area contributed by atoms with E-state index in [1.807, 2.05) is 0 Å². The third kappa shape index (κ3) is 3.51. The van der Waals surface area contributed by atoms with E-state index >= 15 is 0 Å².